The fourth-order valence-electron chi connectivity index (χ4n) is 3.54. The summed E-state index contributed by atoms with van der Waals surface area (Å²) >= 11 is 1.59. The predicted octanol–water partition coefficient (Wildman–Crippen LogP) is 0.681. The van der Waals surface area contributed by atoms with E-state index in [1.165, 1.54) is 0 Å². The zero-order chi connectivity index (χ0) is 18.8. The lowest BCUT2D eigenvalue weighted by molar-refractivity contribution is -0.117. The van der Waals surface area contributed by atoms with Gasteiger partial charge in [-0.1, -0.05) is 0 Å². The number of carbonyl (C=O) groups excluding carboxylic acids is 1. The Kier molecular flexibility index (Phi) is 5.33. The average Bonchev–Trinajstić information content (AvgIpc) is 3.07. The number of hydrogen-bond donors (Lipinski definition) is 3. The van der Waals surface area contributed by atoms with E-state index in [-0.39, 0.29) is 5.91 Å². The number of nitrogens with zero attached hydrogens (tertiary/aromatic N) is 4. The van der Waals surface area contributed by atoms with Crippen LogP contribution in [0.1, 0.15) is 5.56 Å². The molecule has 27 heavy (non-hydrogen) atoms. The van der Waals surface area contributed by atoms with Crippen LogP contribution in [0.2, 0.25) is 0 Å². The van der Waals surface area contributed by atoms with Gasteiger partial charge in [-0.05, 0) is 19.5 Å². The van der Waals surface area contributed by atoms with Gasteiger partial charge in [0.25, 0.3) is 5.91 Å². The quantitative estimate of drug-likeness (QED) is 0.711. The number of rotatable bonds is 4. The summed E-state index contributed by atoms with van der Waals surface area (Å²) in [5.74, 6) is 1.68. The van der Waals surface area contributed by atoms with E-state index in [0.717, 1.165) is 59.3 Å². The zero-order valence-corrected chi connectivity index (χ0v) is 16.5. The fourth-order valence-corrected chi connectivity index (χ4v) is 4.45. The van der Waals surface area contributed by atoms with E-state index >= 15 is 0 Å². The summed E-state index contributed by atoms with van der Waals surface area (Å²) in [4.78, 5) is 29.7. The lowest BCUT2D eigenvalue weighted by Crippen LogP contribution is -2.53. The third-order valence-corrected chi connectivity index (χ3v) is 5.96. The van der Waals surface area contributed by atoms with Gasteiger partial charge in [-0.25, -0.2) is 9.97 Å². The summed E-state index contributed by atoms with van der Waals surface area (Å²) in [5.41, 5.74) is 1.92. The summed E-state index contributed by atoms with van der Waals surface area (Å²) < 4.78 is 0. The second kappa shape index (κ2) is 7.87. The van der Waals surface area contributed by atoms with Crippen molar-refractivity contribution in [1.82, 2.24) is 30.5 Å². The number of anilines is 1. The fraction of sp³-hybridized carbons (Fsp3) is 0.500. The molecule has 4 heterocycles. The highest BCUT2D eigenvalue weighted by Gasteiger charge is 2.23. The Labute approximate surface area is 162 Å². The van der Waals surface area contributed by atoms with Crippen LogP contribution in [0, 0.1) is 6.92 Å². The molecule has 0 aliphatic carbocycles. The van der Waals surface area contributed by atoms with Crippen LogP contribution in [0.25, 0.3) is 11.0 Å². The molecule has 1 fully saturated rings. The molecule has 2 aliphatic rings. The number of carbonyl (C=O) groups is 1. The van der Waals surface area contributed by atoms with Crippen LogP contribution in [0.4, 0.5) is 5.82 Å². The maximum atomic E-state index is 12.7. The number of hydrogen-bond acceptors (Lipinski definition) is 7. The third-order valence-electron chi connectivity index (χ3n) is 4.97. The number of aromatic amines is 1. The smallest absolute Gasteiger partial charge is 0.259 e. The molecule has 0 spiro atoms. The highest BCUT2D eigenvalue weighted by atomic mass is 32.2. The molecule has 1 atom stereocenters. The molecule has 4 rings (SSSR count). The molecule has 1 saturated heterocycles. The van der Waals surface area contributed by atoms with E-state index in [9.17, 15) is 4.79 Å². The lowest BCUT2D eigenvalue weighted by atomic mass is 10.2. The van der Waals surface area contributed by atoms with Gasteiger partial charge in [0, 0.05) is 56.9 Å². The van der Waals surface area contributed by atoms with Crippen molar-refractivity contribution in [2.75, 3.05) is 50.4 Å². The maximum absolute atomic E-state index is 12.7. The van der Waals surface area contributed by atoms with Crippen molar-refractivity contribution >= 4 is 34.5 Å². The van der Waals surface area contributed by atoms with Crippen molar-refractivity contribution in [3.8, 4) is 0 Å². The van der Waals surface area contributed by atoms with E-state index in [2.05, 4.69) is 42.4 Å². The number of H-pyrrole nitrogens is 1. The molecule has 3 N–H and O–H groups in total. The molecule has 0 bridgehead atoms. The Hall–Kier alpha value is -2.10. The largest absolute Gasteiger partial charge is 0.350 e. The van der Waals surface area contributed by atoms with Gasteiger partial charge in [0.15, 0.2) is 0 Å². The molecule has 0 radical (unpaired) electrons. The van der Waals surface area contributed by atoms with Crippen molar-refractivity contribution in [1.29, 1.82) is 0 Å². The normalized spacial score (nSPS) is 21.3. The number of amides is 1. The SMILES string of the molecule is Cc1c[nH]c2ncnc(N3C=C(C(=O)NCC4CN(C)CCN4)SCC3)c12. The molecule has 0 aromatic carbocycles. The minimum atomic E-state index is -0.0178. The Bertz CT molecular complexity index is 865. The summed E-state index contributed by atoms with van der Waals surface area (Å²) in [6, 6.07) is 0.294. The molecule has 8 nitrogen and oxygen atoms in total. The van der Waals surface area contributed by atoms with Gasteiger partial charge in [0.05, 0.1) is 10.3 Å². The van der Waals surface area contributed by atoms with Crippen LogP contribution in [-0.2, 0) is 4.79 Å². The van der Waals surface area contributed by atoms with E-state index in [1.807, 2.05) is 19.3 Å². The van der Waals surface area contributed by atoms with Crippen molar-refractivity contribution in [3.05, 3.63) is 29.2 Å². The van der Waals surface area contributed by atoms with Crippen LogP contribution < -0.4 is 15.5 Å². The van der Waals surface area contributed by atoms with E-state index in [4.69, 9.17) is 0 Å². The van der Waals surface area contributed by atoms with Gasteiger partial charge < -0.3 is 25.4 Å². The molecule has 9 heteroatoms. The average molecular weight is 388 g/mol. The number of nitrogens with one attached hydrogen (secondary N) is 3. The Morgan fingerprint density at radius 3 is 3.15 bits per heavy atom. The summed E-state index contributed by atoms with van der Waals surface area (Å²) in [7, 11) is 2.11. The molecular weight excluding hydrogens is 362 g/mol. The lowest BCUT2D eigenvalue weighted by Gasteiger charge is -2.31. The van der Waals surface area contributed by atoms with Crippen molar-refractivity contribution in [2.24, 2.45) is 0 Å². The minimum Gasteiger partial charge on any atom is -0.350 e. The molecule has 144 valence electrons. The Morgan fingerprint density at radius 1 is 1.41 bits per heavy atom. The van der Waals surface area contributed by atoms with Crippen molar-refractivity contribution in [3.63, 3.8) is 0 Å². The number of thioether (sulfide) groups is 1. The number of piperazine rings is 1. The number of aryl methyl sites for hydroxylation is 1. The molecule has 2 aromatic rings. The highest BCUT2D eigenvalue weighted by Crippen LogP contribution is 2.30. The van der Waals surface area contributed by atoms with E-state index in [1.54, 1.807) is 18.1 Å². The molecular formula is C18H25N7OS. The Balaban J connectivity index is 1.47. The summed E-state index contributed by atoms with van der Waals surface area (Å²) in [6.07, 6.45) is 5.42. The first-order valence-electron chi connectivity index (χ1n) is 9.22. The van der Waals surface area contributed by atoms with Gasteiger partial charge in [-0.3, -0.25) is 4.79 Å². The van der Waals surface area contributed by atoms with Gasteiger partial charge in [-0.2, -0.15) is 0 Å². The first kappa shape index (κ1) is 18.3. The molecule has 1 unspecified atom stereocenters. The van der Waals surface area contributed by atoms with Gasteiger partial charge in [0.2, 0.25) is 0 Å². The van der Waals surface area contributed by atoms with Crippen molar-refractivity contribution in [2.45, 2.75) is 13.0 Å². The number of likely N-dealkylation sites (N-methyl/N-ethyl adjacent to an activating group) is 1. The van der Waals surface area contributed by atoms with Gasteiger partial charge in [0.1, 0.15) is 17.8 Å². The van der Waals surface area contributed by atoms with Crippen molar-refractivity contribution < 1.29 is 4.79 Å². The van der Waals surface area contributed by atoms with E-state index < -0.39 is 0 Å². The zero-order valence-electron chi connectivity index (χ0n) is 15.7. The second-order valence-electron chi connectivity index (χ2n) is 7.05. The number of fused-ring (bicyclic) bond motifs is 1. The second-order valence-corrected chi connectivity index (χ2v) is 8.19. The van der Waals surface area contributed by atoms with Crippen LogP contribution in [0.5, 0.6) is 0 Å². The molecule has 2 aromatic heterocycles. The third kappa shape index (κ3) is 3.95. The Morgan fingerprint density at radius 2 is 2.30 bits per heavy atom. The predicted molar refractivity (Wildman–Crippen MR) is 109 cm³/mol. The molecule has 2 aliphatic heterocycles. The van der Waals surface area contributed by atoms with E-state index in [0.29, 0.717) is 12.6 Å². The minimum absolute atomic E-state index is 0.0178. The maximum Gasteiger partial charge on any atom is 0.259 e. The topological polar surface area (TPSA) is 89.2 Å². The summed E-state index contributed by atoms with van der Waals surface area (Å²) in [6.45, 7) is 6.44. The van der Waals surface area contributed by atoms with Crippen LogP contribution in [-0.4, -0.2) is 77.3 Å². The van der Waals surface area contributed by atoms with Gasteiger partial charge in [-0.15, -0.1) is 11.8 Å². The molecule has 1 amide bonds. The highest BCUT2D eigenvalue weighted by molar-refractivity contribution is 8.04. The van der Waals surface area contributed by atoms with Crippen LogP contribution in [0.3, 0.4) is 0 Å². The van der Waals surface area contributed by atoms with Gasteiger partial charge >= 0.3 is 0 Å². The number of aromatic nitrogens is 3. The van der Waals surface area contributed by atoms with Crippen LogP contribution in [0.15, 0.2) is 23.6 Å². The summed E-state index contributed by atoms with van der Waals surface area (Å²) in [5, 5.41) is 7.54. The standard InChI is InChI=1S/C18H25N7OS/c1-12-7-20-16-15(12)17(23-11-22-16)25-5-6-27-14(10-25)18(26)21-8-13-9-24(2)4-3-19-13/h7,10-11,13,19H,3-6,8-9H2,1-2H3,(H,21,26)(H,20,22,23). The van der Waals surface area contributed by atoms with Crippen LogP contribution >= 0.6 is 11.8 Å². The molecule has 0 saturated carbocycles. The monoisotopic (exact) mass is 387 g/mol. The first-order valence-corrected chi connectivity index (χ1v) is 10.2. The first-order chi connectivity index (χ1) is 13.1.